The lowest BCUT2D eigenvalue weighted by molar-refractivity contribution is -0.115. The van der Waals surface area contributed by atoms with Gasteiger partial charge in [-0.15, -0.1) is 23.1 Å². The number of carbonyl (C=O) groups is 3. The van der Waals surface area contributed by atoms with Crippen LogP contribution in [0.2, 0.25) is 0 Å². The Hall–Kier alpha value is -3.69. The van der Waals surface area contributed by atoms with Crippen LogP contribution < -0.4 is 10.6 Å². The second-order valence-corrected chi connectivity index (χ2v) is 9.39. The number of aromatic carboxylic acids is 1. The molecule has 1 atom stereocenters. The molecule has 166 valence electrons. The fraction of sp³-hybridized carbons (Fsp3) is 0.0833. The second kappa shape index (κ2) is 9.85. The van der Waals surface area contributed by atoms with Crippen LogP contribution in [0.1, 0.15) is 27.6 Å². The third-order valence-electron chi connectivity index (χ3n) is 4.84. The minimum absolute atomic E-state index is 0.0787. The standard InChI is InChI=1S/C24H19N3O4S2/c1-14(21(28)27-24-25-12-13-32-24)33-17-10-8-16(9-11-17)26-22(29)18-6-2-4-15-5-3-7-19(20(15)18)23(30)31/h2-14H,1H3,(H,26,29)(H,30,31)(H,25,27,28). The highest BCUT2D eigenvalue weighted by Crippen LogP contribution is 2.27. The number of benzene rings is 3. The molecule has 2 amide bonds. The first-order valence-corrected chi connectivity index (χ1v) is 11.7. The van der Waals surface area contributed by atoms with Crippen molar-refractivity contribution in [1.82, 2.24) is 4.98 Å². The van der Waals surface area contributed by atoms with E-state index in [2.05, 4.69) is 15.6 Å². The minimum atomic E-state index is -1.09. The number of thiazole rings is 1. The lowest BCUT2D eigenvalue weighted by Gasteiger charge is -2.12. The molecule has 0 aliphatic carbocycles. The Balaban J connectivity index is 1.46. The number of amides is 2. The van der Waals surface area contributed by atoms with E-state index >= 15 is 0 Å². The van der Waals surface area contributed by atoms with Crippen LogP contribution in [0.4, 0.5) is 10.8 Å². The Labute approximate surface area is 197 Å². The lowest BCUT2D eigenvalue weighted by Crippen LogP contribution is -2.22. The molecule has 0 aliphatic heterocycles. The van der Waals surface area contributed by atoms with Gasteiger partial charge in [-0.1, -0.05) is 24.3 Å². The summed E-state index contributed by atoms with van der Waals surface area (Å²) in [5.41, 5.74) is 0.931. The van der Waals surface area contributed by atoms with Crippen molar-refractivity contribution < 1.29 is 19.5 Å². The fourth-order valence-electron chi connectivity index (χ4n) is 3.27. The van der Waals surface area contributed by atoms with Crippen LogP contribution in [-0.2, 0) is 4.79 Å². The molecule has 0 saturated heterocycles. The van der Waals surface area contributed by atoms with Gasteiger partial charge in [0, 0.05) is 33.1 Å². The van der Waals surface area contributed by atoms with Crippen molar-refractivity contribution in [3.05, 3.63) is 83.4 Å². The molecule has 1 aromatic heterocycles. The number of anilines is 2. The minimum Gasteiger partial charge on any atom is -0.478 e. The molecule has 0 saturated carbocycles. The van der Waals surface area contributed by atoms with Crippen molar-refractivity contribution in [3.8, 4) is 0 Å². The molecule has 33 heavy (non-hydrogen) atoms. The number of carbonyl (C=O) groups excluding carboxylic acids is 2. The van der Waals surface area contributed by atoms with Crippen LogP contribution >= 0.6 is 23.1 Å². The number of nitrogens with zero attached hydrogens (tertiary/aromatic N) is 1. The van der Waals surface area contributed by atoms with E-state index < -0.39 is 11.9 Å². The number of carboxylic acid groups (broad SMARTS) is 1. The highest BCUT2D eigenvalue weighted by Gasteiger charge is 2.18. The van der Waals surface area contributed by atoms with Crippen molar-refractivity contribution in [2.75, 3.05) is 10.6 Å². The summed E-state index contributed by atoms with van der Waals surface area (Å²) in [7, 11) is 0. The highest BCUT2D eigenvalue weighted by atomic mass is 32.2. The third-order valence-corrected chi connectivity index (χ3v) is 6.64. The van der Waals surface area contributed by atoms with Gasteiger partial charge in [0.1, 0.15) is 0 Å². The number of hydrogen-bond acceptors (Lipinski definition) is 6. The molecule has 4 rings (SSSR count). The van der Waals surface area contributed by atoms with Crippen molar-refractivity contribution in [2.45, 2.75) is 17.1 Å². The molecule has 1 unspecified atom stereocenters. The smallest absolute Gasteiger partial charge is 0.336 e. The van der Waals surface area contributed by atoms with Crippen molar-refractivity contribution in [3.63, 3.8) is 0 Å². The van der Waals surface area contributed by atoms with E-state index in [4.69, 9.17) is 0 Å². The fourth-order valence-corrected chi connectivity index (χ4v) is 4.67. The Morgan fingerprint density at radius 2 is 1.67 bits per heavy atom. The third kappa shape index (κ3) is 5.21. The van der Waals surface area contributed by atoms with Gasteiger partial charge >= 0.3 is 5.97 Å². The van der Waals surface area contributed by atoms with Crippen LogP contribution in [0.25, 0.3) is 10.8 Å². The zero-order valence-corrected chi connectivity index (χ0v) is 19.1. The zero-order chi connectivity index (χ0) is 23.4. The summed E-state index contributed by atoms with van der Waals surface area (Å²) in [4.78, 5) is 41.8. The zero-order valence-electron chi connectivity index (χ0n) is 17.4. The predicted molar refractivity (Wildman–Crippen MR) is 131 cm³/mol. The largest absolute Gasteiger partial charge is 0.478 e. The van der Waals surface area contributed by atoms with Crippen molar-refractivity contribution in [1.29, 1.82) is 0 Å². The summed E-state index contributed by atoms with van der Waals surface area (Å²) in [5.74, 6) is -1.63. The number of nitrogens with one attached hydrogen (secondary N) is 2. The van der Waals surface area contributed by atoms with Gasteiger partial charge in [-0.25, -0.2) is 9.78 Å². The molecule has 7 nitrogen and oxygen atoms in total. The van der Waals surface area contributed by atoms with Crippen LogP contribution in [0, 0.1) is 0 Å². The molecule has 0 fully saturated rings. The van der Waals surface area contributed by atoms with Crippen LogP contribution in [0.5, 0.6) is 0 Å². The maximum atomic E-state index is 12.9. The summed E-state index contributed by atoms with van der Waals surface area (Å²) in [6.07, 6.45) is 1.63. The summed E-state index contributed by atoms with van der Waals surface area (Å²) in [6.45, 7) is 1.81. The van der Waals surface area contributed by atoms with E-state index in [1.807, 2.05) is 19.1 Å². The summed E-state index contributed by atoms with van der Waals surface area (Å²) in [5, 5.41) is 18.2. The van der Waals surface area contributed by atoms with Gasteiger partial charge in [0.05, 0.1) is 10.8 Å². The van der Waals surface area contributed by atoms with Crippen LogP contribution in [0.15, 0.2) is 77.1 Å². The van der Waals surface area contributed by atoms with Crippen molar-refractivity contribution >= 4 is 62.5 Å². The van der Waals surface area contributed by atoms with Gasteiger partial charge in [0.15, 0.2) is 5.13 Å². The highest BCUT2D eigenvalue weighted by molar-refractivity contribution is 8.00. The average molecular weight is 478 g/mol. The van der Waals surface area contributed by atoms with Gasteiger partial charge in [-0.3, -0.25) is 9.59 Å². The Morgan fingerprint density at radius 3 is 2.30 bits per heavy atom. The molecule has 0 bridgehead atoms. The van der Waals surface area contributed by atoms with E-state index in [0.29, 0.717) is 21.6 Å². The number of rotatable bonds is 7. The molecule has 1 heterocycles. The van der Waals surface area contributed by atoms with Gasteiger partial charge in [-0.05, 0) is 48.7 Å². The number of carboxylic acids is 1. The van der Waals surface area contributed by atoms with E-state index in [1.165, 1.54) is 29.2 Å². The summed E-state index contributed by atoms with van der Waals surface area (Å²) in [6, 6.07) is 17.1. The molecule has 4 aromatic rings. The number of thioether (sulfide) groups is 1. The summed E-state index contributed by atoms with van der Waals surface area (Å²) < 4.78 is 0. The van der Waals surface area contributed by atoms with E-state index in [1.54, 1.807) is 54.0 Å². The molecular weight excluding hydrogens is 458 g/mol. The molecule has 3 N–H and O–H groups in total. The first kappa shape index (κ1) is 22.5. The molecule has 0 aliphatic rings. The average Bonchev–Trinajstić information content (AvgIpc) is 3.32. The number of hydrogen-bond donors (Lipinski definition) is 3. The first-order chi connectivity index (χ1) is 15.9. The SMILES string of the molecule is CC(Sc1ccc(NC(=O)c2cccc3cccc(C(=O)O)c23)cc1)C(=O)Nc1nccs1. The molecule has 9 heteroatoms. The second-order valence-electron chi connectivity index (χ2n) is 7.08. The molecule has 0 spiro atoms. The van der Waals surface area contributed by atoms with Gasteiger partial charge < -0.3 is 15.7 Å². The number of aromatic nitrogens is 1. The van der Waals surface area contributed by atoms with Crippen LogP contribution in [-0.4, -0.2) is 33.1 Å². The summed E-state index contributed by atoms with van der Waals surface area (Å²) >= 11 is 2.75. The molecule has 0 radical (unpaired) electrons. The van der Waals surface area contributed by atoms with Gasteiger partial charge in [-0.2, -0.15) is 0 Å². The maximum absolute atomic E-state index is 12.9. The Morgan fingerprint density at radius 1 is 0.970 bits per heavy atom. The Kier molecular flexibility index (Phi) is 6.71. The van der Waals surface area contributed by atoms with E-state index in [0.717, 1.165) is 4.90 Å². The lowest BCUT2D eigenvalue weighted by atomic mass is 9.98. The van der Waals surface area contributed by atoms with Gasteiger partial charge in [0.2, 0.25) is 5.91 Å². The van der Waals surface area contributed by atoms with E-state index in [-0.39, 0.29) is 22.3 Å². The normalized spacial score (nSPS) is 11.7. The Bertz CT molecular complexity index is 1320. The molecule has 3 aromatic carbocycles. The predicted octanol–water partition coefficient (Wildman–Crippen LogP) is 5.37. The van der Waals surface area contributed by atoms with Crippen molar-refractivity contribution in [2.24, 2.45) is 0 Å². The first-order valence-electron chi connectivity index (χ1n) is 9.96. The van der Waals surface area contributed by atoms with E-state index in [9.17, 15) is 19.5 Å². The molecular formula is C24H19N3O4S2. The van der Waals surface area contributed by atoms with Crippen LogP contribution in [0.3, 0.4) is 0 Å². The monoisotopic (exact) mass is 477 g/mol. The van der Waals surface area contributed by atoms with Gasteiger partial charge in [0.25, 0.3) is 5.91 Å². The number of fused-ring (bicyclic) bond motifs is 1. The quantitative estimate of drug-likeness (QED) is 0.309. The maximum Gasteiger partial charge on any atom is 0.336 e. The topological polar surface area (TPSA) is 108 Å².